The van der Waals surface area contributed by atoms with E-state index < -0.39 is 11.6 Å². The topological polar surface area (TPSA) is 49.9 Å². The Bertz CT molecular complexity index is 955. The summed E-state index contributed by atoms with van der Waals surface area (Å²) in [5, 5.41) is 10.4. The van der Waals surface area contributed by atoms with Crippen LogP contribution in [0.15, 0.2) is 30.3 Å². The van der Waals surface area contributed by atoms with E-state index in [1.165, 1.54) is 25.3 Å². The Kier molecular flexibility index (Phi) is 3.42. The molecule has 0 bridgehead atoms. The van der Waals surface area contributed by atoms with Crippen molar-refractivity contribution in [3.05, 3.63) is 58.1 Å². The highest BCUT2D eigenvalue weighted by Gasteiger charge is 2.26. The largest absolute Gasteiger partial charge is 0.494 e. The number of fused-ring (bicyclic) bond motifs is 3. The maximum Gasteiger partial charge on any atom is 0.165 e. The van der Waals surface area contributed by atoms with Crippen LogP contribution < -0.4 is 10.1 Å². The molecule has 2 aromatic carbocycles. The number of methoxy groups -OCH3 is 1. The Balaban J connectivity index is 1.70. The number of hydrogen-bond acceptors (Lipinski definition) is 3. The number of ether oxygens (including phenoxy) is 1. The predicted molar refractivity (Wildman–Crippen MR) is 88.0 cm³/mol. The van der Waals surface area contributed by atoms with E-state index in [0.29, 0.717) is 17.9 Å². The Labute approximate surface area is 141 Å². The molecule has 4 rings (SSSR count). The van der Waals surface area contributed by atoms with Crippen molar-refractivity contribution in [2.24, 2.45) is 0 Å². The Morgan fingerprint density at radius 3 is 2.79 bits per heavy atom. The van der Waals surface area contributed by atoms with Crippen LogP contribution in [-0.2, 0) is 6.42 Å². The molecule has 0 aliphatic heterocycles. The monoisotopic (exact) mass is 347 g/mol. The van der Waals surface area contributed by atoms with Crippen LogP contribution in [0.2, 0.25) is 5.02 Å². The van der Waals surface area contributed by atoms with Gasteiger partial charge in [0, 0.05) is 23.2 Å². The fraction of sp³-hybridized carbons (Fsp3) is 0.118. The fourth-order valence-corrected chi connectivity index (χ4v) is 3.08. The second-order valence-corrected chi connectivity index (χ2v) is 5.91. The number of rotatable bonds is 3. The average Bonchev–Trinajstić information content (AvgIpc) is 3.10. The van der Waals surface area contributed by atoms with Crippen molar-refractivity contribution in [1.29, 1.82) is 0 Å². The van der Waals surface area contributed by atoms with Crippen molar-refractivity contribution < 1.29 is 13.5 Å². The molecule has 0 spiro atoms. The van der Waals surface area contributed by atoms with Gasteiger partial charge in [0.25, 0.3) is 0 Å². The maximum atomic E-state index is 13.9. The van der Waals surface area contributed by atoms with Gasteiger partial charge in [-0.05, 0) is 35.9 Å². The van der Waals surface area contributed by atoms with E-state index in [2.05, 4.69) is 15.5 Å². The molecule has 0 saturated heterocycles. The SMILES string of the molecule is COc1cc2c(cc1F)Cc1c(Nc3ccc(F)c(Cl)c3)n[nH]c1-2. The highest BCUT2D eigenvalue weighted by molar-refractivity contribution is 6.31. The molecule has 122 valence electrons. The summed E-state index contributed by atoms with van der Waals surface area (Å²) < 4.78 is 32.2. The minimum atomic E-state index is -0.482. The molecule has 7 heteroatoms. The molecule has 3 aromatic rings. The lowest BCUT2D eigenvalue weighted by atomic mass is 10.1. The second-order valence-electron chi connectivity index (χ2n) is 5.50. The third-order valence-corrected chi connectivity index (χ3v) is 4.35. The van der Waals surface area contributed by atoms with Crippen LogP contribution in [0.1, 0.15) is 11.1 Å². The lowest BCUT2D eigenvalue weighted by Crippen LogP contribution is -1.96. The van der Waals surface area contributed by atoms with E-state index in [-0.39, 0.29) is 10.8 Å². The fourth-order valence-electron chi connectivity index (χ4n) is 2.89. The lowest BCUT2D eigenvalue weighted by molar-refractivity contribution is 0.386. The number of nitrogens with one attached hydrogen (secondary N) is 2. The first-order chi connectivity index (χ1) is 11.6. The van der Waals surface area contributed by atoms with Gasteiger partial charge in [0.05, 0.1) is 17.8 Å². The zero-order chi connectivity index (χ0) is 16.8. The molecule has 0 unspecified atom stereocenters. The van der Waals surface area contributed by atoms with Crippen molar-refractivity contribution in [3.63, 3.8) is 0 Å². The average molecular weight is 348 g/mol. The number of nitrogens with zero attached hydrogens (tertiary/aromatic N) is 1. The van der Waals surface area contributed by atoms with Gasteiger partial charge in [-0.15, -0.1) is 0 Å². The van der Waals surface area contributed by atoms with E-state index >= 15 is 0 Å². The summed E-state index contributed by atoms with van der Waals surface area (Å²) in [6.45, 7) is 0. The van der Waals surface area contributed by atoms with Crippen molar-refractivity contribution in [2.45, 2.75) is 6.42 Å². The maximum absolute atomic E-state index is 13.9. The lowest BCUT2D eigenvalue weighted by Gasteiger charge is -2.06. The van der Waals surface area contributed by atoms with Crippen LogP contribution in [0.25, 0.3) is 11.3 Å². The number of H-pyrrole nitrogens is 1. The van der Waals surface area contributed by atoms with E-state index in [1.54, 1.807) is 12.1 Å². The molecule has 0 atom stereocenters. The summed E-state index contributed by atoms with van der Waals surface area (Å²) in [7, 11) is 1.43. The standard InChI is InChI=1S/C17H12ClF2N3O/c1-24-15-7-10-8(5-14(15)20)4-11-16(10)22-23-17(11)21-9-2-3-13(19)12(18)6-9/h2-3,5-7H,4H2,1H3,(H2,21,22,23). The molecule has 2 N–H and O–H groups in total. The number of anilines is 2. The first-order valence-electron chi connectivity index (χ1n) is 7.23. The molecule has 0 radical (unpaired) electrons. The van der Waals surface area contributed by atoms with Crippen molar-refractivity contribution in [1.82, 2.24) is 10.2 Å². The summed E-state index contributed by atoms with van der Waals surface area (Å²) in [6, 6.07) is 7.48. The zero-order valence-corrected chi connectivity index (χ0v) is 13.3. The Morgan fingerprint density at radius 2 is 2.04 bits per heavy atom. The number of aromatic nitrogens is 2. The van der Waals surface area contributed by atoms with Crippen LogP contribution >= 0.6 is 11.6 Å². The molecular formula is C17H12ClF2N3O. The van der Waals surface area contributed by atoms with E-state index in [9.17, 15) is 8.78 Å². The van der Waals surface area contributed by atoms with Crippen molar-refractivity contribution in [2.75, 3.05) is 12.4 Å². The quantitative estimate of drug-likeness (QED) is 0.566. The molecule has 0 amide bonds. The van der Waals surface area contributed by atoms with Gasteiger partial charge in [-0.1, -0.05) is 11.6 Å². The summed E-state index contributed by atoms with van der Waals surface area (Å²) in [4.78, 5) is 0. The van der Waals surface area contributed by atoms with Crippen molar-refractivity contribution in [3.8, 4) is 17.0 Å². The third-order valence-electron chi connectivity index (χ3n) is 4.06. The normalized spacial score (nSPS) is 12.0. The van der Waals surface area contributed by atoms with Crippen LogP contribution in [0.5, 0.6) is 5.75 Å². The Morgan fingerprint density at radius 1 is 1.21 bits per heavy atom. The summed E-state index contributed by atoms with van der Waals surface area (Å²) in [5.74, 6) is -0.0853. The smallest absolute Gasteiger partial charge is 0.165 e. The van der Waals surface area contributed by atoms with Gasteiger partial charge in [-0.25, -0.2) is 8.78 Å². The molecule has 1 heterocycles. The van der Waals surface area contributed by atoms with Crippen LogP contribution in [0, 0.1) is 11.6 Å². The molecule has 4 nitrogen and oxygen atoms in total. The summed E-state index contributed by atoms with van der Waals surface area (Å²) in [5.41, 5.74) is 4.07. The van der Waals surface area contributed by atoms with Gasteiger partial charge in [-0.2, -0.15) is 5.10 Å². The first-order valence-corrected chi connectivity index (χ1v) is 7.60. The van der Waals surface area contributed by atoms with Gasteiger partial charge < -0.3 is 10.1 Å². The van der Waals surface area contributed by atoms with E-state index in [4.69, 9.17) is 16.3 Å². The van der Waals surface area contributed by atoms with Gasteiger partial charge in [0.2, 0.25) is 0 Å². The minimum absolute atomic E-state index is 0.0299. The molecule has 1 aliphatic rings. The predicted octanol–water partition coefficient (Wildman–Crippen LogP) is 4.66. The molecule has 24 heavy (non-hydrogen) atoms. The number of halogens is 3. The van der Waals surface area contributed by atoms with Gasteiger partial charge in [0.15, 0.2) is 17.4 Å². The molecule has 0 fully saturated rings. The molecule has 0 saturated carbocycles. The minimum Gasteiger partial charge on any atom is -0.494 e. The first kappa shape index (κ1) is 15.0. The van der Waals surface area contributed by atoms with E-state index in [1.807, 2.05) is 0 Å². The van der Waals surface area contributed by atoms with Gasteiger partial charge in [0.1, 0.15) is 5.82 Å². The number of hydrogen-bond donors (Lipinski definition) is 2. The molecule has 1 aliphatic carbocycles. The van der Waals surface area contributed by atoms with Gasteiger partial charge >= 0.3 is 0 Å². The number of aromatic amines is 1. The summed E-state index contributed by atoms with van der Waals surface area (Å²) >= 11 is 5.80. The third kappa shape index (κ3) is 2.30. The van der Waals surface area contributed by atoms with E-state index in [0.717, 1.165) is 22.4 Å². The van der Waals surface area contributed by atoms with Gasteiger partial charge in [-0.3, -0.25) is 5.10 Å². The highest BCUT2D eigenvalue weighted by Crippen LogP contribution is 2.42. The summed E-state index contributed by atoms with van der Waals surface area (Å²) in [6.07, 6.45) is 0.541. The van der Waals surface area contributed by atoms with Crippen LogP contribution in [0.3, 0.4) is 0 Å². The zero-order valence-electron chi connectivity index (χ0n) is 12.6. The van der Waals surface area contributed by atoms with Crippen LogP contribution in [0.4, 0.5) is 20.3 Å². The Hall–Kier alpha value is -2.60. The van der Waals surface area contributed by atoms with Crippen molar-refractivity contribution >= 4 is 23.1 Å². The van der Waals surface area contributed by atoms with Crippen LogP contribution in [-0.4, -0.2) is 17.3 Å². The highest BCUT2D eigenvalue weighted by atomic mass is 35.5. The second kappa shape index (κ2) is 5.49. The molecular weight excluding hydrogens is 336 g/mol. The molecule has 1 aromatic heterocycles. The number of benzene rings is 2.